The Morgan fingerprint density at radius 1 is 1.00 bits per heavy atom. The van der Waals surface area contributed by atoms with E-state index in [0.29, 0.717) is 5.56 Å². The van der Waals surface area contributed by atoms with Gasteiger partial charge in [-0.3, -0.25) is 4.79 Å². The van der Waals surface area contributed by atoms with Crippen LogP contribution < -0.4 is 5.43 Å². The minimum absolute atomic E-state index is 0.0892. The molecule has 0 aliphatic heterocycles. The number of nitrogens with one attached hydrogen (secondary N) is 1. The fourth-order valence-corrected chi connectivity index (χ4v) is 3.09. The van der Waals surface area contributed by atoms with Gasteiger partial charge in [-0.2, -0.15) is 18.3 Å². The van der Waals surface area contributed by atoms with Gasteiger partial charge in [-0.1, -0.05) is 57.2 Å². The molecule has 148 valence electrons. The predicted octanol–water partition coefficient (Wildman–Crippen LogP) is 5.26. The Hall–Kier alpha value is -2.63. The summed E-state index contributed by atoms with van der Waals surface area (Å²) in [5.74, 6) is -0.103. The summed E-state index contributed by atoms with van der Waals surface area (Å²) in [6.07, 6.45) is -2.25. The third kappa shape index (κ3) is 4.80. The average molecular weight is 388 g/mol. The standard InChI is InChI=1S/C22H23F3N2O/c1-21(2,3)16-10-6-15(7-11-16)18-12-19(18)20(28)27-26-13-14-4-8-17(9-5-14)22(23,24)25/h4-11,13,18-19H,12H2,1-3H3,(H,27,28)/b26-13-/t18-,19+/m0/s1. The van der Waals surface area contributed by atoms with Gasteiger partial charge in [0.25, 0.3) is 0 Å². The van der Waals surface area contributed by atoms with Gasteiger partial charge in [-0.05, 0) is 46.6 Å². The number of rotatable bonds is 4. The molecule has 6 heteroatoms. The highest BCUT2D eigenvalue weighted by molar-refractivity contribution is 5.85. The Morgan fingerprint density at radius 2 is 1.57 bits per heavy atom. The van der Waals surface area contributed by atoms with Gasteiger partial charge in [0.2, 0.25) is 5.91 Å². The molecule has 0 bridgehead atoms. The van der Waals surface area contributed by atoms with Crippen LogP contribution in [-0.4, -0.2) is 12.1 Å². The molecule has 1 saturated carbocycles. The first-order valence-electron chi connectivity index (χ1n) is 9.16. The van der Waals surface area contributed by atoms with Gasteiger partial charge in [0.05, 0.1) is 11.8 Å². The maximum absolute atomic E-state index is 12.5. The zero-order valence-electron chi connectivity index (χ0n) is 16.0. The van der Waals surface area contributed by atoms with Crippen molar-refractivity contribution >= 4 is 12.1 Å². The smallest absolute Gasteiger partial charge is 0.273 e. The molecule has 0 spiro atoms. The molecular weight excluding hydrogens is 365 g/mol. The lowest BCUT2D eigenvalue weighted by Gasteiger charge is -2.19. The van der Waals surface area contributed by atoms with E-state index in [4.69, 9.17) is 0 Å². The number of carbonyl (C=O) groups excluding carboxylic acids is 1. The van der Waals surface area contributed by atoms with Crippen LogP contribution in [0.15, 0.2) is 53.6 Å². The Bertz CT molecular complexity index is 863. The topological polar surface area (TPSA) is 41.5 Å². The Balaban J connectivity index is 1.53. The summed E-state index contributed by atoms with van der Waals surface area (Å²) >= 11 is 0. The maximum Gasteiger partial charge on any atom is 0.416 e. The molecule has 0 radical (unpaired) electrons. The SMILES string of the molecule is CC(C)(C)c1ccc([C@@H]2C[C@H]2C(=O)N/N=C\c2ccc(C(F)(F)F)cc2)cc1. The first kappa shape index (κ1) is 20.1. The zero-order valence-corrected chi connectivity index (χ0v) is 16.0. The first-order chi connectivity index (χ1) is 13.1. The molecule has 1 N–H and O–H groups in total. The van der Waals surface area contributed by atoms with E-state index in [0.717, 1.165) is 24.1 Å². The van der Waals surface area contributed by atoms with Crippen molar-refractivity contribution in [1.29, 1.82) is 0 Å². The van der Waals surface area contributed by atoms with Crippen molar-refractivity contribution in [3.05, 3.63) is 70.8 Å². The Morgan fingerprint density at radius 3 is 2.11 bits per heavy atom. The van der Waals surface area contributed by atoms with Crippen molar-refractivity contribution in [1.82, 2.24) is 5.43 Å². The van der Waals surface area contributed by atoms with Crippen LogP contribution in [0.5, 0.6) is 0 Å². The molecule has 1 amide bonds. The number of carbonyl (C=O) groups is 1. The van der Waals surface area contributed by atoms with Gasteiger partial charge < -0.3 is 0 Å². The van der Waals surface area contributed by atoms with Crippen LogP contribution in [0.2, 0.25) is 0 Å². The quantitative estimate of drug-likeness (QED) is 0.564. The Labute approximate surface area is 162 Å². The molecule has 1 aliphatic carbocycles. The summed E-state index contributed by atoms with van der Waals surface area (Å²) in [6.45, 7) is 6.47. The fourth-order valence-electron chi connectivity index (χ4n) is 3.09. The second-order valence-electron chi connectivity index (χ2n) is 8.17. The number of nitrogens with zero attached hydrogens (tertiary/aromatic N) is 1. The van der Waals surface area contributed by atoms with Crippen LogP contribution in [0.1, 0.15) is 55.4 Å². The number of alkyl halides is 3. The normalized spacial score (nSPS) is 19.6. The van der Waals surface area contributed by atoms with E-state index in [2.05, 4.69) is 55.6 Å². The number of hydrazone groups is 1. The largest absolute Gasteiger partial charge is 0.416 e. The molecular formula is C22H23F3N2O. The van der Waals surface area contributed by atoms with E-state index in [1.165, 1.54) is 23.9 Å². The summed E-state index contributed by atoms with van der Waals surface area (Å²) in [6, 6.07) is 13.0. The van der Waals surface area contributed by atoms with E-state index in [9.17, 15) is 18.0 Å². The summed E-state index contributed by atoms with van der Waals surface area (Å²) in [4.78, 5) is 12.2. The van der Waals surface area contributed by atoms with Crippen molar-refractivity contribution in [2.75, 3.05) is 0 Å². The highest BCUT2D eigenvalue weighted by Crippen LogP contribution is 2.47. The fraction of sp³-hybridized carbons (Fsp3) is 0.364. The van der Waals surface area contributed by atoms with Gasteiger partial charge in [-0.25, -0.2) is 5.43 Å². The third-order valence-corrected chi connectivity index (χ3v) is 4.96. The molecule has 28 heavy (non-hydrogen) atoms. The molecule has 1 fully saturated rings. The molecule has 0 aromatic heterocycles. The number of amides is 1. The van der Waals surface area contributed by atoms with Gasteiger partial charge in [-0.15, -0.1) is 0 Å². The van der Waals surface area contributed by atoms with Gasteiger partial charge in [0.15, 0.2) is 0 Å². The lowest BCUT2D eigenvalue weighted by molar-refractivity contribution is -0.137. The maximum atomic E-state index is 12.5. The lowest BCUT2D eigenvalue weighted by Crippen LogP contribution is -2.20. The molecule has 2 aromatic rings. The van der Waals surface area contributed by atoms with Crippen molar-refractivity contribution in [3.63, 3.8) is 0 Å². The van der Waals surface area contributed by atoms with Crippen LogP contribution in [0.25, 0.3) is 0 Å². The highest BCUT2D eigenvalue weighted by atomic mass is 19.4. The van der Waals surface area contributed by atoms with Crippen LogP contribution in [0.3, 0.4) is 0 Å². The summed E-state index contributed by atoms with van der Waals surface area (Å²) in [5, 5.41) is 3.86. The molecule has 0 unspecified atom stereocenters. The van der Waals surface area contributed by atoms with Crippen molar-refractivity contribution < 1.29 is 18.0 Å². The molecule has 2 atom stereocenters. The van der Waals surface area contributed by atoms with E-state index >= 15 is 0 Å². The third-order valence-electron chi connectivity index (χ3n) is 4.96. The monoisotopic (exact) mass is 388 g/mol. The number of hydrogen-bond acceptors (Lipinski definition) is 2. The van der Waals surface area contributed by atoms with Crippen molar-refractivity contribution in [2.24, 2.45) is 11.0 Å². The zero-order chi connectivity index (χ0) is 20.5. The van der Waals surface area contributed by atoms with Crippen LogP contribution in [0, 0.1) is 5.92 Å². The molecule has 1 aliphatic rings. The van der Waals surface area contributed by atoms with Crippen LogP contribution in [-0.2, 0) is 16.4 Å². The molecule has 3 nitrogen and oxygen atoms in total. The van der Waals surface area contributed by atoms with Gasteiger partial charge in [0.1, 0.15) is 0 Å². The van der Waals surface area contributed by atoms with E-state index in [1.807, 2.05) is 0 Å². The predicted molar refractivity (Wildman–Crippen MR) is 103 cm³/mol. The van der Waals surface area contributed by atoms with Gasteiger partial charge >= 0.3 is 6.18 Å². The molecule has 0 heterocycles. The second kappa shape index (κ2) is 7.41. The van der Waals surface area contributed by atoms with Crippen LogP contribution >= 0.6 is 0 Å². The van der Waals surface area contributed by atoms with E-state index < -0.39 is 11.7 Å². The Kier molecular flexibility index (Phi) is 5.33. The summed E-state index contributed by atoms with van der Waals surface area (Å²) in [7, 11) is 0. The number of halogens is 3. The van der Waals surface area contributed by atoms with E-state index in [1.54, 1.807) is 0 Å². The number of hydrogen-bond donors (Lipinski definition) is 1. The van der Waals surface area contributed by atoms with E-state index in [-0.39, 0.29) is 23.2 Å². The average Bonchev–Trinajstić information content (AvgIpc) is 3.41. The molecule has 3 rings (SSSR count). The van der Waals surface area contributed by atoms with Crippen molar-refractivity contribution in [3.8, 4) is 0 Å². The van der Waals surface area contributed by atoms with Gasteiger partial charge in [0, 0.05) is 5.92 Å². The summed E-state index contributed by atoms with van der Waals surface area (Å²) < 4.78 is 37.6. The number of benzene rings is 2. The second-order valence-corrected chi connectivity index (χ2v) is 8.17. The molecule has 2 aromatic carbocycles. The van der Waals surface area contributed by atoms with Crippen LogP contribution in [0.4, 0.5) is 13.2 Å². The minimum atomic E-state index is -4.37. The summed E-state index contributed by atoms with van der Waals surface area (Å²) in [5.41, 5.74) is 4.73. The lowest BCUT2D eigenvalue weighted by atomic mass is 9.86. The first-order valence-corrected chi connectivity index (χ1v) is 9.16. The molecule has 0 saturated heterocycles. The highest BCUT2D eigenvalue weighted by Gasteiger charge is 2.44. The van der Waals surface area contributed by atoms with Crippen molar-refractivity contribution in [2.45, 2.75) is 44.7 Å². The minimum Gasteiger partial charge on any atom is -0.273 e.